The van der Waals surface area contributed by atoms with Gasteiger partial charge in [0.1, 0.15) is 0 Å². The Bertz CT molecular complexity index is 358. The van der Waals surface area contributed by atoms with Gasteiger partial charge in [-0.15, -0.1) is 11.3 Å². The van der Waals surface area contributed by atoms with Crippen LogP contribution < -0.4 is 5.32 Å². The second kappa shape index (κ2) is 8.19. The summed E-state index contributed by atoms with van der Waals surface area (Å²) in [5, 5.41) is 5.80. The molecule has 0 amide bonds. The molecule has 2 rings (SSSR count). The molecule has 3 atom stereocenters. The quantitative estimate of drug-likeness (QED) is 0.747. The van der Waals surface area contributed by atoms with Gasteiger partial charge in [0.05, 0.1) is 0 Å². The molecule has 1 aliphatic rings. The Hall–Kier alpha value is -0.340. The van der Waals surface area contributed by atoms with Gasteiger partial charge in [0.15, 0.2) is 0 Å². The number of nitrogens with one attached hydrogen (secondary N) is 1. The van der Waals surface area contributed by atoms with Crippen molar-refractivity contribution >= 4 is 11.3 Å². The summed E-state index contributed by atoms with van der Waals surface area (Å²) in [6.45, 7) is 9.38. The molecule has 1 aliphatic carbocycles. The van der Waals surface area contributed by atoms with Crippen LogP contribution in [0.2, 0.25) is 0 Å². The minimum absolute atomic E-state index is 0.860. The first-order chi connectivity index (χ1) is 9.70. The Morgan fingerprint density at radius 3 is 2.80 bits per heavy atom. The van der Waals surface area contributed by atoms with Gasteiger partial charge in [-0.3, -0.25) is 0 Å². The summed E-state index contributed by atoms with van der Waals surface area (Å²) < 4.78 is 0. The van der Waals surface area contributed by atoms with Gasteiger partial charge in [-0.2, -0.15) is 0 Å². The topological polar surface area (TPSA) is 12.0 Å². The van der Waals surface area contributed by atoms with Crippen LogP contribution in [-0.4, -0.2) is 13.1 Å². The zero-order chi connectivity index (χ0) is 14.4. The fourth-order valence-corrected chi connectivity index (χ4v) is 4.43. The monoisotopic (exact) mass is 293 g/mol. The molecule has 1 aromatic heterocycles. The van der Waals surface area contributed by atoms with Crippen molar-refractivity contribution in [1.29, 1.82) is 0 Å². The molecule has 1 saturated carbocycles. The van der Waals surface area contributed by atoms with Gasteiger partial charge in [-0.05, 0) is 80.3 Å². The molecule has 0 radical (unpaired) electrons. The lowest BCUT2D eigenvalue weighted by atomic mass is 9.69. The van der Waals surface area contributed by atoms with Crippen LogP contribution in [0.4, 0.5) is 0 Å². The molecule has 0 aromatic carbocycles. The molecule has 1 nitrogen and oxygen atoms in total. The standard InChI is InChI=1S/C18H31NS/c1-4-19-13-17-8-7-15(14(2)3)12-16(17)9-10-18-6-5-11-20-18/h5-6,11,14-17,19H,4,7-10,12-13H2,1-3H3. The minimum Gasteiger partial charge on any atom is -0.317 e. The third-order valence-corrected chi connectivity index (χ3v) is 6.06. The van der Waals surface area contributed by atoms with E-state index in [1.807, 2.05) is 11.3 Å². The van der Waals surface area contributed by atoms with Gasteiger partial charge < -0.3 is 5.32 Å². The summed E-state index contributed by atoms with van der Waals surface area (Å²) in [7, 11) is 0. The Morgan fingerprint density at radius 1 is 1.30 bits per heavy atom. The molecule has 3 unspecified atom stereocenters. The Balaban J connectivity index is 1.90. The van der Waals surface area contributed by atoms with Crippen molar-refractivity contribution in [3.8, 4) is 0 Å². The van der Waals surface area contributed by atoms with Crippen molar-refractivity contribution in [3.05, 3.63) is 22.4 Å². The van der Waals surface area contributed by atoms with Crippen LogP contribution in [-0.2, 0) is 6.42 Å². The van der Waals surface area contributed by atoms with Gasteiger partial charge >= 0.3 is 0 Å². The lowest BCUT2D eigenvalue weighted by Crippen LogP contribution is -2.34. The highest BCUT2D eigenvalue weighted by molar-refractivity contribution is 7.09. The molecule has 0 spiro atoms. The van der Waals surface area contributed by atoms with E-state index in [0.29, 0.717) is 0 Å². The second-order valence-electron chi connectivity index (χ2n) is 6.76. The van der Waals surface area contributed by atoms with Crippen molar-refractivity contribution in [2.75, 3.05) is 13.1 Å². The number of hydrogen-bond donors (Lipinski definition) is 1. The summed E-state index contributed by atoms with van der Waals surface area (Å²) >= 11 is 1.92. The van der Waals surface area contributed by atoms with E-state index >= 15 is 0 Å². The summed E-state index contributed by atoms with van der Waals surface area (Å²) in [5.41, 5.74) is 0. The van der Waals surface area contributed by atoms with Gasteiger partial charge in [0, 0.05) is 4.88 Å². The van der Waals surface area contributed by atoms with Gasteiger partial charge in [-0.1, -0.05) is 26.8 Å². The maximum absolute atomic E-state index is 3.59. The van der Waals surface area contributed by atoms with E-state index in [1.54, 1.807) is 4.88 Å². The molecule has 1 N–H and O–H groups in total. The molecular weight excluding hydrogens is 262 g/mol. The van der Waals surface area contributed by atoms with Crippen LogP contribution in [0.5, 0.6) is 0 Å². The number of hydrogen-bond acceptors (Lipinski definition) is 2. The average Bonchev–Trinajstić information content (AvgIpc) is 2.96. The molecule has 0 bridgehead atoms. The van der Waals surface area contributed by atoms with Crippen molar-refractivity contribution in [2.45, 2.75) is 52.9 Å². The summed E-state index contributed by atoms with van der Waals surface area (Å²) in [4.78, 5) is 1.57. The average molecular weight is 294 g/mol. The van der Waals surface area contributed by atoms with E-state index < -0.39 is 0 Å². The lowest BCUT2D eigenvalue weighted by Gasteiger charge is -2.38. The molecular formula is C18H31NS. The lowest BCUT2D eigenvalue weighted by molar-refractivity contribution is 0.138. The first kappa shape index (κ1) is 16.0. The third kappa shape index (κ3) is 4.60. The first-order valence-corrected chi connectivity index (χ1v) is 9.31. The van der Waals surface area contributed by atoms with E-state index in [2.05, 4.69) is 43.6 Å². The number of thiophene rings is 1. The van der Waals surface area contributed by atoms with Gasteiger partial charge in [-0.25, -0.2) is 0 Å². The Labute approximate surface area is 129 Å². The van der Waals surface area contributed by atoms with E-state index in [4.69, 9.17) is 0 Å². The van der Waals surface area contributed by atoms with E-state index in [1.165, 1.54) is 38.6 Å². The maximum Gasteiger partial charge on any atom is 0.00453 e. The molecule has 1 aromatic rings. The van der Waals surface area contributed by atoms with E-state index in [-0.39, 0.29) is 0 Å². The fourth-order valence-electron chi connectivity index (χ4n) is 3.70. The maximum atomic E-state index is 3.59. The summed E-state index contributed by atoms with van der Waals surface area (Å²) in [5.74, 6) is 3.66. The minimum atomic E-state index is 0.860. The van der Waals surface area contributed by atoms with Crippen molar-refractivity contribution in [2.24, 2.45) is 23.7 Å². The smallest absolute Gasteiger partial charge is 0.00453 e. The zero-order valence-corrected chi connectivity index (χ0v) is 14.2. The highest BCUT2D eigenvalue weighted by Crippen LogP contribution is 2.39. The van der Waals surface area contributed by atoms with E-state index in [0.717, 1.165) is 30.2 Å². The largest absolute Gasteiger partial charge is 0.317 e. The molecule has 1 heterocycles. The first-order valence-electron chi connectivity index (χ1n) is 8.43. The van der Waals surface area contributed by atoms with Crippen LogP contribution in [0.25, 0.3) is 0 Å². The second-order valence-corrected chi connectivity index (χ2v) is 7.80. The molecule has 0 saturated heterocycles. The van der Waals surface area contributed by atoms with Crippen LogP contribution >= 0.6 is 11.3 Å². The predicted octanol–water partition coefficient (Wildman–Crippen LogP) is 4.98. The van der Waals surface area contributed by atoms with E-state index in [9.17, 15) is 0 Å². The normalized spacial score (nSPS) is 27.1. The molecule has 20 heavy (non-hydrogen) atoms. The predicted molar refractivity (Wildman–Crippen MR) is 90.3 cm³/mol. The van der Waals surface area contributed by atoms with Gasteiger partial charge in [0.25, 0.3) is 0 Å². The zero-order valence-electron chi connectivity index (χ0n) is 13.4. The van der Waals surface area contributed by atoms with Crippen LogP contribution in [0.1, 0.15) is 51.3 Å². The van der Waals surface area contributed by atoms with Crippen LogP contribution in [0.3, 0.4) is 0 Å². The Kier molecular flexibility index (Phi) is 6.57. The third-order valence-electron chi connectivity index (χ3n) is 5.12. The van der Waals surface area contributed by atoms with Gasteiger partial charge in [0.2, 0.25) is 0 Å². The van der Waals surface area contributed by atoms with Crippen molar-refractivity contribution < 1.29 is 0 Å². The molecule has 2 heteroatoms. The van der Waals surface area contributed by atoms with Crippen LogP contribution in [0, 0.1) is 23.7 Å². The summed E-state index contributed by atoms with van der Waals surface area (Å²) in [6, 6.07) is 4.49. The SMILES string of the molecule is CCNCC1CCC(C(C)C)CC1CCc1cccs1. The molecule has 0 aliphatic heterocycles. The highest BCUT2D eigenvalue weighted by atomic mass is 32.1. The number of aryl methyl sites for hydroxylation is 1. The fraction of sp³-hybridized carbons (Fsp3) is 0.778. The van der Waals surface area contributed by atoms with Crippen LogP contribution in [0.15, 0.2) is 17.5 Å². The molecule has 114 valence electrons. The molecule has 1 fully saturated rings. The Morgan fingerprint density at radius 2 is 2.15 bits per heavy atom. The van der Waals surface area contributed by atoms with Crippen molar-refractivity contribution in [1.82, 2.24) is 5.32 Å². The summed E-state index contributed by atoms with van der Waals surface area (Å²) in [6.07, 6.45) is 7.02. The highest BCUT2D eigenvalue weighted by Gasteiger charge is 2.31. The number of rotatable bonds is 7. The van der Waals surface area contributed by atoms with Crippen molar-refractivity contribution in [3.63, 3.8) is 0 Å².